The molecule has 0 aliphatic carbocycles. The van der Waals surface area contributed by atoms with Crippen LogP contribution in [0.25, 0.3) is 0 Å². The Labute approximate surface area is 70.0 Å². The average molecular weight is 166 g/mol. The van der Waals surface area contributed by atoms with Gasteiger partial charge in [0.05, 0.1) is 11.3 Å². The molecular weight excluding hydrogens is 156 g/mol. The van der Waals surface area contributed by atoms with Crippen molar-refractivity contribution in [3.63, 3.8) is 0 Å². The van der Waals surface area contributed by atoms with Crippen LogP contribution in [0.4, 0.5) is 0 Å². The number of rotatable bonds is 2. The Hall–Kier alpha value is -1.42. The number of hydrogen-bond acceptors (Lipinski definition) is 3. The minimum absolute atomic E-state index is 0.159. The van der Waals surface area contributed by atoms with Crippen LogP contribution in [0.3, 0.4) is 0 Å². The normalized spacial score (nSPS) is 12.5. The lowest BCUT2D eigenvalue weighted by Crippen LogP contribution is -2.08. The van der Waals surface area contributed by atoms with Gasteiger partial charge in [-0.25, -0.2) is 4.79 Å². The Balaban J connectivity index is 2.93. The minimum Gasteiger partial charge on any atom is -0.478 e. The number of aromatic nitrogens is 1. The first kappa shape index (κ1) is 8.67. The molecule has 1 heterocycles. The van der Waals surface area contributed by atoms with Gasteiger partial charge in [-0.1, -0.05) is 0 Å². The van der Waals surface area contributed by atoms with Gasteiger partial charge in [0.25, 0.3) is 0 Å². The van der Waals surface area contributed by atoms with Gasteiger partial charge in [0.1, 0.15) is 0 Å². The molecule has 1 aromatic rings. The minimum atomic E-state index is -0.973. The zero-order valence-electron chi connectivity index (χ0n) is 6.69. The number of nitrogens with zero attached hydrogens (tertiary/aromatic N) is 1. The predicted octanol–water partition coefficient (Wildman–Crippen LogP) is 0.800. The first-order valence-electron chi connectivity index (χ1n) is 3.56. The largest absolute Gasteiger partial charge is 0.478 e. The summed E-state index contributed by atoms with van der Waals surface area (Å²) in [4.78, 5) is 14.3. The van der Waals surface area contributed by atoms with Crippen LogP contribution in [0.1, 0.15) is 29.0 Å². The zero-order chi connectivity index (χ0) is 9.14. The molecule has 0 spiro atoms. The van der Waals surface area contributed by atoms with Crippen molar-refractivity contribution in [3.05, 3.63) is 29.6 Å². The van der Waals surface area contributed by atoms with Gasteiger partial charge in [-0.3, -0.25) is 4.98 Å². The van der Waals surface area contributed by atoms with Gasteiger partial charge in [0.2, 0.25) is 0 Å². The molecule has 3 N–H and O–H groups in total. The molecule has 1 aromatic heterocycles. The van der Waals surface area contributed by atoms with Crippen LogP contribution in [-0.4, -0.2) is 16.1 Å². The summed E-state index contributed by atoms with van der Waals surface area (Å²) in [5.74, 6) is -0.973. The summed E-state index contributed by atoms with van der Waals surface area (Å²) >= 11 is 0. The highest BCUT2D eigenvalue weighted by Crippen LogP contribution is 2.06. The summed E-state index contributed by atoms with van der Waals surface area (Å²) in [6, 6.07) is 2.95. The smallest absolute Gasteiger partial charge is 0.337 e. The molecule has 1 unspecified atom stereocenters. The summed E-state index contributed by atoms with van der Waals surface area (Å²) in [5, 5.41) is 8.54. The average Bonchev–Trinajstić information content (AvgIpc) is 2.04. The molecule has 0 bridgehead atoms. The van der Waals surface area contributed by atoms with Gasteiger partial charge >= 0.3 is 5.97 Å². The maximum Gasteiger partial charge on any atom is 0.337 e. The maximum atomic E-state index is 10.4. The molecule has 0 aromatic carbocycles. The Morgan fingerprint density at radius 1 is 1.67 bits per heavy atom. The summed E-state index contributed by atoms with van der Waals surface area (Å²) in [6.07, 6.45) is 1.31. The van der Waals surface area contributed by atoms with Crippen molar-refractivity contribution in [2.24, 2.45) is 5.73 Å². The fourth-order valence-electron chi connectivity index (χ4n) is 0.801. The van der Waals surface area contributed by atoms with Gasteiger partial charge < -0.3 is 10.8 Å². The van der Waals surface area contributed by atoms with Crippen LogP contribution in [0.15, 0.2) is 18.3 Å². The van der Waals surface area contributed by atoms with Crippen molar-refractivity contribution in [1.29, 1.82) is 0 Å². The number of carboxylic acids is 1. The third-order valence-corrected chi connectivity index (χ3v) is 1.50. The molecule has 1 rings (SSSR count). The molecule has 0 radical (unpaired) electrons. The summed E-state index contributed by atoms with van der Waals surface area (Å²) in [7, 11) is 0. The first-order valence-corrected chi connectivity index (χ1v) is 3.56. The molecule has 12 heavy (non-hydrogen) atoms. The van der Waals surface area contributed by atoms with E-state index < -0.39 is 5.97 Å². The summed E-state index contributed by atoms with van der Waals surface area (Å²) < 4.78 is 0. The van der Waals surface area contributed by atoms with E-state index in [-0.39, 0.29) is 11.6 Å². The van der Waals surface area contributed by atoms with Crippen molar-refractivity contribution in [2.45, 2.75) is 13.0 Å². The maximum absolute atomic E-state index is 10.4. The van der Waals surface area contributed by atoms with Gasteiger partial charge in [0.15, 0.2) is 0 Å². The second-order valence-corrected chi connectivity index (χ2v) is 2.57. The fourth-order valence-corrected chi connectivity index (χ4v) is 0.801. The molecule has 1 atom stereocenters. The van der Waals surface area contributed by atoms with Crippen molar-refractivity contribution < 1.29 is 9.90 Å². The highest BCUT2D eigenvalue weighted by atomic mass is 16.4. The summed E-state index contributed by atoms with van der Waals surface area (Å²) in [6.45, 7) is 1.79. The van der Waals surface area contributed by atoms with Gasteiger partial charge in [-0.05, 0) is 19.1 Å². The second kappa shape index (κ2) is 3.32. The van der Waals surface area contributed by atoms with Crippen LogP contribution >= 0.6 is 0 Å². The first-order chi connectivity index (χ1) is 5.61. The van der Waals surface area contributed by atoms with Crippen LogP contribution in [0.2, 0.25) is 0 Å². The van der Waals surface area contributed by atoms with Crippen LogP contribution in [0, 0.1) is 0 Å². The topological polar surface area (TPSA) is 76.2 Å². The number of hydrogen-bond donors (Lipinski definition) is 2. The molecule has 4 heteroatoms. The molecule has 0 aliphatic rings. The third-order valence-electron chi connectivity index (χ3n) is 1.50. The van der Waals surface area contributed by atoms with E-state index in [1.807, 2.05) is 0 Å². The van der Waals surface area contributed by atoms with E-state index in [1.165, 1.54) is 12.3 Å². The van der Waals surface area contributed by atoms with E-state index in [9.17, 15) is 4.79 Å². The highest BCUT2D eigenvalue weighted by molar-refractivity contribution is 5.87. The number of pyridine rings is 1. The second-order valence-electron chi connectivity index (χ2n) is 2.57. The fraction of sp³-hybridized carbons (Fsp3) is 0.250. The SMILES string of the molecule is CC(N)c1ccc(C(=O)O)cn1. The van der Waals surface area contributed by atoms with E-state index in [4.69, 9.17) is 10.8 Å². The van der Waals surface area contributed by atoms with E-state index >= 15 is 0 Å². The van der Waals surface area contributed by atoms with Gasteiger partial charge in [0, 0.05) is 12.2 Å². The molecule has 0 aliphatic heterocycles. The van der Waals surface area contributed by atoms with E-state index in [1.54, 1.807) is 13.0 Å². The Morgan fingerprint density at radius 3 is 2.67 bits per heavy atom. The van der Waals surface area contributed by atoms with E-state index in [2.05, 4.69) is 4.98 Å². The van der Waals surface area contributed by atoms with E-state index in [0.29, 0.717) is 5.69 Å². The van der Waals surface area contributed by atoms with Crippen LogP contribution in [-0.2, 0) is 0 Å². The lowest BCUT2D eigenvalue weighted by atomic mass is 10.2. The molecule has 64 valence electrons. The number of nitrogens with two attached hydrogens (primary N) is 1. The number of carbonyl (C=O) groups is 1. The van der Waals surface area contributed by atoms with Crippen molar-refractivity contribution in [3.8, 4) is 0 Å². The molecule has 0 saturated carbocycles. The molecule has 0 fully saturated rings. The lowest BCUT2D eigenvalue weighted by molar-refractivity contribution is 0.0696. The standard InChI is InChI=1S/C8H10N2O2/c1-5(9)7-3-2-6(4-10-7)8(11)12/h2-5H,9H2,1H3,(H,11,12). The van der Waals surface area contributed by atoms with Crippen molar-refractivity contribution in [1.82, 2.24) is 4.98 Å². The Kier molecular flexibility index (Phi) is 2.40. The highest BCUT2D eigenvalue weighted by Gasteiger charge is 2.04. The van der Waals surface area contributed by atoms with Crippen molar-refractivity contribution >= 4 is 5.97 Å². The zero-order valence-corrected chi connectivity index (χ0v) is 6.69. The third kappa shape index (κ3) is 1.79. The van der Waals surface area contributed by atoms with Gasteiger partial charge in [-0.15, -0.1) is 0 Å². The molecule has 4 nitrogen and oxygen atoms in total. The monoisotopic (exact) mass is 166 g/mol. The van der Waals surface area contributed by atoms with Crippen LogP contribution in [0.5, 0.6) is 0 Å². The summed E-state index contributed by atoms with van der Waals surface area (Å²) in [5.41, 5.74) is 6.40. The quantitative estimate of drug-likeness (QED) is 0.681. The van der Waals surface area contributed by atoms with Crippen molar-refractivity contribution in [2.75, 3.05) is 0 Å². The number of carboxylic acid groups (broad SMARTS) is 1. The van der Waals surface area contributed by atoms with Crippen LogP contribution < -0.4 is 5.73 Å². The lowest BCUT2D eigenvalue weighted by Gasteiger charge is -2.03. The number of aromatic carboxylic acids is 1. The van der Waals surface area contributed by atoms with E-state index in [0.717, 1.165) is 0 Å². The van der Waals surface area contributed by atoms with Gasteiger partial charge in [-0.2, -0.15) is 0 Å². The molecule has 0 saturated heterocycles. The molecular formula is C8H10N2O2. The molecule has 0 amide bonds. The Morgan fingerprint density at radius 2 is 2.33 bits per heavy atom. The Bertz CT molecular complexity index is 280. The predicted molar refractivity (Wildman–Crippen MR) is 43.8 cm³/mol.